The lowest BCUT2D eigenvalue weighted by atomic mass is 10.1. The summed E-state index contributed by atoms with van der Waals surface area (Å²) in [4.78, 5) is 18.5. The number of ether oxygens (including phenoxy) is 1. The van der Waals surface area contributed by atoms with Crippen LogP contribution in [0, 0.1) is 0 Å². The number of hydrogen-bond acceptors (Lipinski definition) is 4. The van der Waals surface area contributed by atoms with E-state index in [1.54, 1.807) is 30.5 Å². The molecule has 1 aromatic rings. The van der Waals surface area contributed by atoms with Gasteiger partial charge in [-0.05, 0) is 52.4 Å². The SMILES string of the molecule is C=CCN(C)CCCCCCOc1ccc(C(=O)C=CC=C(C)C)cn1. The fourth-order valence-corrected chi connectivity index (χ4v) is 2.36. The van der Waals surface area contributed by atoms with E-state index in [4.69, 9.17) is 4.74 Å². The average molecular weight is 357 g/mol. The number of pyridine rings is 1. The first-order chi connectivity index (χ1) is 12.5. The van der Waals surface area contributed by atoms with Gasteiger partial charge in [-0.1, -0.05) is 36.6 Å². The summed E-state index contributed by atoms with van der Waals surface area (Å²) >= 11 is 0. The van der Waals surface area contributed by atoms with Crippen LogP contribution < -0.4 is 4.74 Å². The van der Waals surface area contributed by atoms with Crippen molar-refractivity contribution in [1.82, 2.24) is 9.88 Å². The smallest absolute Gasteiger partial charge is 0.213 e. The molecule has 1 heterocycles. The Bertz CT molecular complexity index is 599. The minimum atomic E-state index is -0.0528. The summed E-state index contributed by atoms with van der Waals surface area (Å²) in [7, 11) is 2.11. The molecule has 1 aromatic heterocycles. The first kappa shape index (κ1) is 21.8. The van der Waals surface area contributed by atoms with E-state index in [-0.39, 0.29) is 5.78 Å². The third-order valence-corrected chi connectivity index (χ3v) is 3.82. The Hall–Kier alpha value is -2.20. The standard InChI is InChI=1S/C22H32N2O2/c1-5-15-24(4)16-8-6-7-9-17-26-22-14-13-20(18-23-22)21(25)12-10-11-19(2)3/h5,10-14,18H,1,6-9,15-17H2,2-4H3. The molecule has 0 saturated heterocycles. The molecule has 0 fully saturated rings. The van der Waals surface area contributed by atoms with Crippen molar-refractivity contribution in [3.63, 3.8) is 0 Å². The monoisotopic (exact) mass is 356 g/mol. The van der Waals surface area contributed by atoms with Gasteiger partial charge in [-0.2, -0.15) is 0 Å². The maximum absolute atomic E-state index is 12.0. The Kier molecular flexibility index (Phi) is 11.0. The second kappa shape index (κ2) is 13.1. The molecule has 0 aliphatic heterocycles. The van der Waals surface area contributed by atoms with E-state index in [2.05, 4.69) is 23.5 Å². The number of carbonyl (C=O) groups is 1. The summed E-state index contributed by atoms with van der Waals surface area (Å²) in [6.45, 7) is 10.4. The molecule has 142 valence electrons. The first-order valence-electron chi connectivity index (χ1n) is 9.27. The molecule has 1 rings (SSSR count). The van der Waals surface area contributed by atoms with Crippen LogP contribution in [0.25, 0.3) is 0 Å². The molecule has 4 nitrogen and oxygen atoms in total. The molecule has 0 spiro atoms. The van der Waals surface area contributed by atoms with Crippen LogP contribution in [-0.2, 0) is 0 Å². The number of nitrogens with zero attached hydrogens (tertiary/aromatic N) is 2. The summed E-state index contributed by atoms with van der Waals surface area (Å²) in [5.74, 6) is 0.517. The Morgan fingerprint density at radius 2 is 2.00 bits per heavy atom. The lowest BCUT2D eigenvalue weighted by molar-refractivity contribution is 0.104. The highest BCUT2D eigenvalue weighted by molar-refractivity contribution is 6.04. The zero-order chi connectivity index (χ0) is 19.2. The van der Waals surface area contributed by atoms with Crippen LogP contribution >= 0.6 is 0 Å². The lowest BCUT2D eigenvalue weighted by Gasteiger charge is -2.13. The van der Waals surface area contributed by atoms with Gasteiger partial charge in [0, 0.05) is 24.4 Å². The van der Waals surface area contributed by atoms with Gasteiger partial charge in [-0.3, -0.25) is 4.79 Å². The first-order valence-corrected chi connectivity index (χ1v) is 9.27. The fourth-order valence-electron chi connectivity index (χ4n) is 2.36. The molecule has 0 saturated carbocycles. The second-order valence-electron chi connectivity index (χ2n) is 6.67. The normalized spacial score (nSPS) is 10.9. The van der Waals surface area contributed by atoms with Crippen molar-refractivity contribution >= 4 is 5.78 Å². The highest BCUT2D eigenvalue weighted by Crippen LogP contribution is 2.10. The van der Waals surface area contributed by atoms with Gasteiger partial charge >= 0.3 is 0 Å². The third-order valence-electron chi connectivity index (χ3n) is 3.82. The van der Waals surface area contributed by atoms with Gasteiger partial charge in [0.05, 0.1) is 6.61 Å². The van der Waals surface area contributed by atoms with Crippen molar-refractivity contribution in [2.24, 2.45) is 0 Å². The Labute approximate surface area is 158 Å². The van der Waals surface area contributed by atoms with Crippen molar-refractivity contribution in [2.75, 3.05) is 26.7 Å². The van der Waals surface area contributed by atoms with Crippen LogP contribution in [-0.4, -0.2) is 42.4 Å². The summed E-state index contributed by atoms with van der Waals surface area (Å²) in [5.41, 5.74) is 1.72. The highest BCUT2D eigenvalue weighted by Gasteiger charge is 2.03. The van der Waals surface area contributed by atoms with Crippen LogP contribution in [0.2, 0.25) is 0 Å². The minimum Gasteiger partial charge on any atom is -0.478 e. The van der Waals surface area contributed by atoms with Crippen molar-refractivity contribution in [2.45, 2.75) is 39.5 Å². The number of aromatic nitrogens is 1. The number of unbranched alkanes of at least 4 members (excludes halogenated alkanes) is 3. The van der Waals surface area contributed by atoms with Crippen molar-refractivity contribution in [1.29, 1.82) is 0 Å². The largest absolute Gasteiger partial charge is 0.478 e. The number of hydrogen-bond donors (Lipinski definition) is 0. The summed E-state index contributed by atoms with van der Waals surface area (Å²) in [6, 6.07) is 3.51. The maximum Gasteiger partial charge on any atom is 0.213 e. The third kappa shape index (κ3) is 9.94. The predicted molar refractivity (Wildman–Crippen MR) is 109 cm³/mol. The molecule has 0 aromatic carbocycles. The van der Waals surface area contributed by atoms with E-state index < -0.39 is 0 Å². The zero-order valence-electron chi connectivity index (χ0n) is 16.4. The zero-order valence-corrected chi connectivity index (χ0v) is 16.4. The highest BCUT2D eigenvalue weighted by atomic mass is 16.5. The molecule has 0 aliphatic carbocycles. The predicted octanol–water partition coefficient (Wildman–Crippen LogP) is 4.84. The van der Waals surface area contributed by atoms with Gasteiger partial charge in [0.15, 0.2) is 5.78 Å². The summed E-state index contributed by atoms with van der Waals surface area (Å²) < 4.78 is 5.65. The van der Waals surface area contributed by atoms with Gasteiger partial charge < -0.3 is 9.64 Å². The quantitative estimate of drug-likeness (QED) is 0.167. The van der Waals surface area contributed by atoms with Crippen LogP contribution in [0.3, 0.4) is 0 Å². The van der Waals surface area contributed by atoms with Crippen LogP contribution in [0.1, 0.15) is 49.9 Å². The summed E-state index contributed by atoms with van der Waals surface area (Å²) in [5, 5.41) is 0. The molecule has 0 unspecified atom stereocenters. The number of rotatable bonds is 13. The van der Waals surface area contributed by atoms with Crippen molar-refractivity contribution in [3.05, 3.63) is 60.3 Å². The molecule has 0 amide bonds. The minimum absolute atomic E-state index is 0.0528. The van der Waals surface area contributed by atoms with Crippen LogP contribution in [0.15, 0.2) is 54.8 Å². The van der Waals surface area contributed by atoms with E-state index >= 15 is 0 Å². The number of carbonyl (C=O) groups excluding carboxylic acids is 1. The van der Waals surface area contributed by atoms with E-state index in [0.717, 1.165) is 31.5 Å². The molecule has 0 radical (unpaired) electrons. The summed E-state index contributed by atoms with van der Waals surface area (Å²) in [6.07, 6.45) is 13.3. The van der Waals surface area contributed by atoms with Gasteiger partial charge in [0.25, 0.3) is 0 Å². The van der Waals surface area contributed by atoms with Gasteiger partial charge in [-0.25, -0.2) is 4.98 Å². The van der Waals surface area contributed by atoms with Gasteiger partial charge in [0.1, 0.15) is 0 Å². The van der Waals surface area contributed by atoms with E-state index in [1.165, 1.54) is 12.8 Å². The van der Waals surface area contributed by atoms with Crippen LogP contribution in [0.5, 0.6) is 5.88 Å². The molecule has 4 heteroatoms. The van der Waals surface area contributed by atoms with E-state index in [1.807, 2.05) is 26.0 Å². The Morgan fingerprint density at radius 1 is 1.23 bits per heavy atom. The number of allylic oxidation sites excluding steroid dienone is 4. The van der Waals surface area contributed by atoms with Crippen molar-refractivity contribution in [3.8, 4) is 5.88 Å². The van der Waals surface area contributed by atoms with Crippen molar-refractivity contribution < 1.29 is 9.53 Å². The second-order valence-corrected chi connectivity index (χ2v) is 6.67. The Morgan fingerprint density at radius 3 is 2.65 bits per heavy atom. The van der Waals surface area contributed by atoms with Gasteiger partial charge in [0.2, 0.25) is 5.88 Å². The fraction of sp³-hybridized carbons (Fsp3) is 0.455. The molecule has 0 N–H and O–H groups in total. The van der Waals surface area contributed by atoms with E-state index in [9.17, 15) is 4.79 Å². The molecule has 26 heavy (non-hydrogen) atoms. The van der Waals surface area contributed by atoms with E-state index in [0.29, 0.717) is 18.1 Å². The molecule has 0 atom stereocenters. The average Bonchev–Trinajstić information content (AvgIpc) is 2.61. The molecule has 0 bridgehead atoms. The Balaban J connectivity index is 2.22. The number of likely N-dealkylation sites (N-methyl/N-ethyl adjacent to an activating group) is 1. The molecular weight excluding hydrogens is 324 g/mol. The molecular formula is C22H32N2O2. The molecule has 0 aliphatic rings. The van der Waals surface area contributed by atoms with Crippen LogP contribution in [0.4, 0.5) is 0 Å². The topological polar surface area (TPSA) is 42.4 Å². The lowest BCUT2D eigenvalue weighted by Crippen LogP contribution is -2.19. The number of ketones is 1. The van der Waals surface area contributed by atoms with Gasteiger partial charge in [-0.15, -0.1) is 6.58 Å². The maximum atomic E-state index is 12.0.